The number of aliphatic hydroxyl groups excluding tert-OH is 1. The Balaban J connectivity index is 2.19. The Morgan fingerprint density at radius 3 is 2.94 bits per heavy atom. The van der Waals surface area contributed by atoms with E-state index < -0.39 is 0 Å². The summed E-state index contributed by atoms with van der Waals surface area (Å²) in [5.41, 5.74) is 0.456. The van der Waals surface area contributed by atoms with Crippen molar-refractivity contribution in [3.05, 3.63) is 29.0 Å². The fourth-order valence-electron chi connectivity index (χ4n) is 1.65. The number of aliphatic hydroxyl groups is 1. The van der Waals surface area contributed by atoms with Crippen LogP contribution in [0.25, 0.3) is 0 Å². The van der Waals surface area contributed by atoms with Crippen molar-refractivity contribution < 1.29 is 9.90 Å². The van der Waals surface area contributed by atoms with Gasteiger partial charge in [0.1, 0.15) is 0 Å². The topological polar surface area (TPSA) is 53.4 Å². The molecule has 2 rings (SSSR count). The normalized spacial score (nSPS) is 14.9. The zero-order chi connectivity index (χ0) is 11.5. The molecular formula is C11H13ClN2O2. The predicted octanol–water partition coefficient (Wildman–Crippen LogP) is 1.33. The summed E-state index contributed by atoms with van der Waals surface area (Å²) in [5.74, 6) is -0.121. The van der Waals surface area contributed by atoms with Crippen LogP contribution in [0.5, 0.6) is 0 Å². The molecule has 4 nitrogen and oxygen atoms in total. The average Bonchev–Trinajstić information content (AvgIpc) is 3.09. The first-order valence-corrected chi connectivity index (χ1v) is 5.63. The monoisotopic (exact) mass is 240 g/mol. The number of nitrogens with zero attached hydrogens (tertiary/aromatic N) is 2. The van der Waals surface area contributed by atoms with Crippen LogP contribution < -0.4 is 0 Å². The number of rotatable bonds is 4. The third kappa shape index (κ3) is 2.33. The molecule has 16 heavy (non-hydrogen) atoms. The molecule has 1 heterocycles. The van der Waals surface area contributed by atoms with Gasteiger partial charge in [-0.15, -0.1) is 0 Å². The molecule has 1 N–H and O–H groups in total. The Hall–Kier alpha value is -1.13. The van der Waals surface area contributed by atoms with E-state index in [0.717, 1.165) is 12.8 Å². The molecule has 1 aliphatic carbocycles. The largest absolute Gasteiger partial charge is 0.395 e. The van der Waals surface area contributed by atoms with Gasteiger partial charge < -0.3 is 10.0 Å². The fourth-order valence-corrected chi connectivity index (χ4v) is 1.85. The standard InChI is InChI=1S/C11H13ClN2O2/c12-10-7-13-4-3-9(10)11(16)14(5-6-15)8-1-2-8/h3-4,7-8,15H,1-2,5-6H2. The number of aromatic nitrogens is 1. The molecule has 1 saturated carbocycles. The summed E-state index contributed by atoms with van der Waals surface area (Å²) in [6.45, 7) is 0.340. The number of carbonyl (C=O) groups is 1. The van der Waals surface area contributed by atoms with Gasteiger partial charge in [0.15, 0.2) is 0 Å². The number of hydrogen-bond donors (Lipinski definition) is 1. The van der Waals surface area contributed by atoms with Gasteiger partial charge in [-0.1, -0.05) is 11.6 Å². The van der Waals surface area contributed by atoms with Crippen LogP contribution in [0, 0.1) is 0 Å². The van der Waals surface area contributed by atoms with Crippen molar-refractivity contribution in [2.75, 3.05) is 13.2 Å². The predicted molar refractivity (Wildman–Crippen MR) is 60.4 cm³/mol. The van der Waals surface area contributed by atoms with Gasteiger partial charge in [0, 0.05) is 25.0 Å². The molecule has 1 fully saturated rings. The molecule has 1 aromatic rings. The Bertz CT molecular complexity index is 393. The second kappa shape index (κ2) is 4.80. The minimum atomic E-state index is -0.121. The summed E-state index contributed by atoms with van der Waals surface area (Å²) in [5, 5.41) is 9.30. The SMILES string of the molecule is O=C(c1ccncc1Cl)N(CCO)C1CC1. The molecule has 0 atom stereocenters. The number of halogens is 1. The first kappa shape index (κ1) is 11.4. The third-order valence-electron chi connectivity index (χ3n) is 2.59. The smallest absolute Gasteiger partial charge is 0.255 e. The summed E-state index contributed by atoms with van der Waals surface area (Å²) < 4.78 is 0. The lowest BCUT2D eigenvalue weighted by Gasteiger charge is -2.21. The van der Waals surface area contributed by atoms with Crippen LogP contribution >= 0.6 is 11.6 Å². The third-order valence-corrected chi connectivity index (χ3v) is 2.89. The van der Waals surface area contributed by atoms with Crippen LogP contribution in [0.3, 0.4) is 0 Å². The molecule has 0 bridgehead atoms. The molecule has 0 spiro atoms. The lowest BCUT2D eigenvalue weighted by molar-refractivity contribution is 0.0707. The zero-order valence-electron chi connectivity index (χ0n) is 8.77. The molecule has 1 aliphatic rings. The highest BCUT2D eigenvalue weighted by atomic mass is 35.5. The van der Waals surface area contributed by atoms with Crippen molar-refractivity contribution in [3.8, 4) is 0 Å². The molecule has 0 radical (unpaired) electrons. The van der Waals surface area contributed by atoms with Crippen molar-refractivity contribution in [1.82, 2.24) is 9.88 Å². The Morgan fingerprint density at radius 1 is 1.62 bits per heavy atom. The quantitative estimate of drug-likeness (QED) is 0.864. The molecule has 5 heteroatoms. The van der Waals surface area contributed by atoms with Gasteiger partial charge in [0.25, 0.3) is 5.91 Å². The van der Waals surface area contributed by atoms with Crippen molar-refractivity contribution in [2.45, 2.75) is 18.9 Å². The van der Waals surface area contributed by atoms with Crippen LogP contribution in [-0.4, -0.2) is 40.1 Å². The molecule has 0 saturated heterocycles. The highest BCUT2D eigenvalue weighted by molar-refractivity contribution is 6.33. The van der Waals surface area contributed by atoms with Crippen LogP contribution in [0.15, 0.2) is 18.5 Å². The molecule has 1 aromatic heterocycles. The van der Waals surface area contributed by atoms with E-state index in [4.69, 9.17) is 16.7 Å². The van der Waals surface area contributed by atoms with Gasteiger partial charge in [0.05, 0.1) is 17.2 Å². The number of hydrogen-bond acceptors (Lipinski definition) is 3. The number of pyridine rings is 1. The molecular weight excluding hydrogens is 228 g/mol. The summed E-state index contributed by atoms with van der Waals surface area (Å²) >= 11 is 5.92. The number of carbonyl (C=O) groups excluding carboxylic acids is 1. The minimum absolute atomic E-state index is 0.0229. The van der Waals surface area contributed by atoms with E-state index in [1.807, 2.05) is 0 Å². The summed E-state index contributed by atoms with van der Waals surface area (Å²) in [6, 6.07) is 1.88. The van der Waals surface area contributed by atoms with Crippen molar-refractivity contribution in [2.24, 2.45) is 0 Å². The van der Waals surface area contributed by atoms with E-state index in [2.05, 4.69) is 4.98 Å². The van der Waals surface area contributed by atoms with Gasteiger partial charge in [-0.25, -0.2) is 0 Å². The molecule has 0 aromatic carbocycles. The molecule has 0 unspecified atom stereocenters. The van der Waals surface area contributed by atoms with Gasteiger partial charge >= 0.3 is 0 Å². The van der Waals surface area contributed by atoms with E-state index in [-0.39, 0.29) is 18.6 Å². The van der Waals surface area contributed by atoms with E-state index in [9.17, 15) is 4.79 Å². The number of amides is 1. The second-order valence-electron chi connectivity index (χ2n) is 3.81. The highest BCUT2D eigenvalue weighted by Gasteiger charge is 2.33. The second-order valence-corrected chi connectivity index (χ2v) is 4.22. The first-order valence-electron chi connectivity index (χ1n) is 5.25. The molecule has 1 amide bonds. The van der Waals surface area contributed by atoms with Crippen molar-refractivity contribution >= 4 is 17.5 Å². The Morgan fingerprint density at radius 2 is 2.38 bits per heavy atom. The summed E-state index contributed by atoms with van der Waals surface area (Å²) in [4.78, 5) is 17.7. The Kier molecular flexibility index (Phi) is 3.41. The van der Waals surface area contributed by atoms with Crippen molar-refractivity contribution in [3.63, 3.8) is 0 Å². The lowest BCUT2D eigenvalue weighted by atomic mass is 10.2. The minimum Gasteiger partial charge on any atom is -0.395 e. The maximum absolute atomic E-state index is 12.1. The lowest BCUT2D eigenvalue weighted by Crippen LogP contribution is -2.35. The molecule has 86 valence electrons. The van der Waals surface area contributed by atoms with Gasteiger partial charge in [0.2, 0.25) is 0 Å². The van der Waals surface area contributed by atoms with Crippen LogP contribution in [-0.2, 0) is 0 Å². The van der Waals surface area contributed by atoms with Gasteiger partial charge in [-0.3, -0.25) is 9.78 Å². The maximum Gasteiger partial charge on any atom is 0.255 e. The molecule has 0 aliphatic heterocycles. The Labute approximate surface area is 98.9 Å². The fraction of sp³-hybridized carbons (Fsp3) is 0.455. The van der Waals surface area contributed by atoms with E-state index >= 15 is 0 Å². The summed E-state index contributed by atoms with van der Waals surface area (Å²) in [7, 11) is 0. The van der Waals surface area contributed by atoms with Crippen LogP contribution in [0.1, 0.15) is 23.2 Å². The van der Waals surface area contributed by atoms with Crippen LogP contribution in [0.4, 0.5) is 0 Å². The maximum atomic E-state index is 12.1. The van der Waals surface area contributed by atoms with Crippen molar-refractivity contribution in [1.29, 1.82) is 0 Å². The van der Waals surface area contributed by atoms with E-state index in [1.165, 1.54) is 6.20 Å². The van der Waals surface area contributed by atoms with Gasteiger partial charge in [-0.2, -0.15) is 0 Å². The van der Waals surface area contributed by atoms with E-state index in [1.54, 1.807) is 17.2 Å². The van der Waals surface area contributed by atoms with Crippen LogP contribution in [0.2, 0.25) is 5.02 Å². The summed E-state index contributed by atoms with van der Waals surface area (Å²) in [6.07, 6.45) is 5.02. The van der Waals surface area contributed by atoms with E-state index in [0.29, 0.717) is 17.1 Å². The first-order chi connectivity index (χ1) is 7.74. The highest BCUT2D eigenvalue weighted by Crippen LogP contribution is 2.29. The average molecular weight is 241 g/mol. The van der Waals surface area contributed by atoms with Gasteiger partial charge in [-0.05, 0) is 18.9 Å². The zero-order valence-corrected chi connectivity index (χ0v) is 9.52.